The summed E-state index contributed by atoms with van der Waals surface area (Å²) in [5.41, 5.74) is 2.49. The number of benzene rings is 2. The van der Waals surface area contributed by atoms with Gasteiger partial charge in [0.15, 0.2) is 11.5 Å². The molecule has 5 rings (SSSR count). The Balaban J connectivity index is 1.43. The third-order valence-corrected chi connectivity index (χ3v) is 9.30. The number of amides is 1. The third kappa shape index (κ3) is 4.27. The smallest absolute Gasteiger partial charge is 0.254 e. The summed E-state index contributed by atoms with van der Waals surface area (Å²) in [6.45, 7) is 4.71. The molecule has 0 unspecified atom stereocenters. The van der Waals surface area contributed by atoms with Gasteiger partial charge >= 0.3 is 0 Å². The van der Waals surface area contributed by atoms with Gasteiger partial charge in [0.05, 0.1) is 24.3 Å². The van der Waals surface area contributed by atoms with Crippen LogP contribution in [-0.2, 0) is 16.4 Å². The van der Waals surface area contributed by atoms with Gasteiger partial charge in [-0.25, -0.2) is 8.42 Å². The Hall–Kier alpha value is -2.29. The Bertz CT molecular complexity index is 1210. The van der Waals surface area contributed by atoms with E-state index in [1.54, 1.807) is 11.0 Å². The number of hydrogen-bond acceptors (Lipinski definition) is 5. The van der Waals surface area contributed by atoms with Crippen molar-refractivity contribution in [2.24, 2.45) is 0 Å². The molecule has 3 heterocycles. The highest BCUT2D eigenvalue weighted by Gasteiger charge is 2.33. The van der Waals surface area contributed by atoms with E-state index in [-0.39, 0.29) is 21.9 Å². The van der Waals surface area contributed by atoms with Crippen LogP contribution in [0, 0.1) is 0 Å². The summed E-state index contributed by atoms with van der Waals surface area (Å²) in [6, 6.07) is 8.38. The lowest BCUT2D eigenvalue weighted by molar-refractivity contribution is 0.0677. The van der Waals surface area contributed by atoms with Gasteiger partial charge in [-0.3, -0.25) is 4.79 Å². The SMILES string of the molecule is C[C@H]1c2cc3c(cc2CCN1C(=O)c1ccc(Cl)c(S(=O)(=O)N2CCCCC2)c1)OCCCO3. The lowest BCUT2D eigenvalue weighted by atomic mass is 9.92. The fourth-order valence-corrected chi connectivity index (χ4v) is 7.01. The second-order valence-corrected chi connectivity index (χ2v) is 11.4. The molecule has 3 aliphatic heterocycles. The summed E-state index contributed by atoms with van der Waals surface area (Å²) in [5, 5.41) is 0.138. The molecule has 0 radical (unpaired) electrons. The number of ether oxygens (including phenoxy) is 2. The highest BCUT2D eigenvalue weighted by molar-refractivity contribution is 7.89. The van der Waals surface area contributed by atoms with Crippen molar-refractivity contribution < 1.29 is 22.7 Å². The summed E-state index contributed by atoms with van der Waals surface area (Å²) in [7, 11) is -3.76. The van der Waals surface area contributed by atoms with E-state index in [1.807, 2.05) is 19.1 Å². The molecule has 3 aliphatic rings. The van der Waals surface area contributed by atoms with Crippen LogP contribution in [0.2, 0.25) is 5.02 Å². The minimum absolute atomic E-state index is 0.00264. The standard InChI is InChI=1S/C25H29ClN2O5S/c1-17-20-16-23-22(32-12-5-13-33-23)14-18(20)8-11-28(17)25(29)19-6-7-21(26)24(15-19)34(30,31)27-9-3-2-4-10-27/h6-7,14-17H,2-5,8-13H2,1H3/t17-/m0/s1. The van der Waals surface area contributed by atoms with Crippen molar-refractivity contribution in [2.75, 3.05) is 32.8 Å². The normalized spacial score (nSPS) is 21.0. The van der Waals surface area contributed by atoms with Crippen molar-refractivity contribution in [2.45, 2.75) is 50.0 Å². The summed E-state index contributed by atoms with van der Waals surface area (Å²) < 4.78 is 39.6. The minimum Gasteiger partial charge on any atom is -0.490 e. The Morgan fingerprint density at radius 2 is 1.68 bits per heavy atom. The van der Waals surface area contributed by atoms with Gasteiger partial charge in [-0.2, -0.15) is 4.31 Å². The maximum atomic E-state index is 13.5. The first-order valence-electron chi connectivity index (χ1n) is 11.9. The first-order valence-corrected chi connectivity index (χ1v) is 13.7. The quantitative estimate of drug-likeness (QED) is 0.618. The Morgan fingerprint density at radius 3 is 2.41 bits per heavy atom. The lowest BCUT2D eigenvalue weighted by Crippen LogP contribution is -2.39. The van der Waals surface area contributed by atoms with Crippen LogP contribution in [0.4, 0.5) is 0 Å². The molecular formula is C25H29ClN2O5S. The van der Waals surface area contributed by atoms with Crippen molar-refractivity contribution in [3.8, 4) is 11.5 Å². The van der Waals surface area contributed by atoms with Gasteiger partial charge in [0.25, 0.3) is 5.91 Å². The summed E-state index contributed by atoms with van der Waals surface area (Å²) >= 11 is 6.31. The third-order valence-electron chi connectivity index (χ3n) is 6.92. The molecule has 0 aliphatic carbocycles. The van der Waals surface area contributed by atoms with Crippen LogP contribution >= 0.6 is 11.6 Å². The van der Waals surface area contributed by atoms with Crippen molar-refractivity contribution in [3.05, 3.63) is 52.0 Å². The molecule has 0 saturated carbocycles. The molecule has 182 valence electrons. The van der Waals surface area contributed by atoms with E-state index >= 15 is 0 Å². The van der Waals surface area contributed by atoms with E-state index < -0.39 is 10.0 Å². The van der Waals surface area contributed by atoms with Crippen LogP contribution in [0.1, 0.15) is 60.1 Å². The maximum absolute atomic E-state index is 13.5. The van der Waals surface area contributed by atoms with Crippen LogP contribution < -0.4 is 9.47 Å². The topological polar surface area (TPSA) is 76.2 Å². The summed E-state index contributed by atoms with van der Waals surface area (Å²) in [4.78, 5) is 15.3. The molecule has 0 spiro atoms. The van der Waals surface area contributed by atoms with Gasteiger partial charge in [-0.1, -0.05) is 18.0 Å². The molecule has 7 nitrogen and oxygen atoms in total. The van der Waals surface area contributed by atoms with E-state index in [0.717, 1.165) is 42.6 Å². The van der Waals surface area contributed by atoms with Crippen LogP contribution in [0.15, 0.2) is 35.2 Å². The molecular weight excluding hydrogens is 476 g/mol. The van der Waals surface area contributed by atoms with E-state index in [4.69, 9.17) is 21.1 Å². The van der Waals surface area contributed by atoms with Crippen molar-refractivity contribution in [3.63, 3.8) is 0 Å². The molecule has 2 aromatic carbocycles. The minimum atomic E-state index is -3.76. The number of rotatable bonds is 3. The molecule has 34 heavy (non-hydrogen) atoms. The molecule has 2 aromatic rings. The Labute approximate surface area is 205 Å². The summed E-state index contributed by atoms with van der Waals surface area (Å²) in [6.07, 6.45) is 4.21. The van der Waals surface area contributed by atoms with Crippen molar-refractivity contribution in [1.29, 1.82) is 0 Å². The molecule has 0 bridgehead atoms. The Kier molecular flexibility index (Phi) is 6.48. The number of carbonyl (C=O) groups excluding carboxylic acids is 1. The van der Waals surface area contributed by atoms with Gasteiger partial charge in [0.2, 0.25) is 10.0 Å². The van der Waals surface area contributed by atoms with E-state index in [1.165, 1.54) is 16.4 Å². The average molecular weight is 505 g/mol. The van der Waals surface area contributed by atoms with Gasteiger partial charge < -0.3 is 14.4 Å². The van der Waals surface area contributed by atoms with E-state index in [9.17, 15) is 13.2 Å². The number of sulfonamides is 1. The monoisotopic (exact) mass is 504 g/mol. The van der Waals surface area contributed by atoms with Crippen molar-refractivity contribution in [1.82, 2.24) is 9.21 Å². The lowest BCUT2D eigenvalue weighted by Gasteiger charge is -2.36. The fraction of sp³-hybridized carbons (Fsp3) is 0.480. The number of nitrogens with zero attached hydrogens (tertiary/aromatic N) is 2. The second-order valence-electron chi connectivity index (χ2n) is 9.08. The predicted octanol–water partition coefficient (Wildman–Crippen LogP) is 4.44. The zero-order valence-electron chi connectivity index (χ0n) is 19.3. The highest BCUT2D eigenvalue weighted by Crippen LogP contribution is 2.40. The van der Waals surface area contributed by atoms with E-state index in [2.05, 4.69) is 0 Å². The molecule has 0 N–H and O–H groups in total. The van der Waals surface area contributed by atoms with Crippen LogP contribution in [-0.4, -0.2) is 56.4 Å². The zero-order valence-corrected chi connectivity index (χ0v) is 20.8. The highest BCUT2D eigenvalue weighted by atomic mass is 35.5. The van der Waals surface area contributed by atoms with Gasteiger partial charge in [0, 0.05) is 31.6 Å². The predicted molar refractivity (Wildman–Crippen MR) is 129 cm³/mol. The van der Waals surface area contributed by atoms with Crippen LogP contribution in [0.25, 0.3) is 0 Å². The molecule has 1 saturated heterocycles. The first-order chi connectivity index (χ1) is 16.4. The maximum Gasteiger partial charge on any atom is 0.254 e. The molecule has 9 heteroatoms. The Morgan fingerprint density at radius 1 is 0.971 bits per heavy atom. The second kappa shape index (κ2) is 9.40. The average Bonchev–Trinajstić information content (AvgIpc) is 3.08. The van der Waals surface area contributed by atoms with Crippen LogP contribution in [0.3, 0.4) is 0 Å². The van der Waals surface area contributed by atoms with Crippen LogP contribution in [0.5, 0.6) is 11.5 Å². The number of hydrogen-bond donors (Lipinski definition) is 0. The van der Waals surface area contributed by atoms with E-state index in [0.29, 0.717) is 50.6 Å². The number of halogens is 1. The number of piperidine rings is 1. The molecule has 1 fully saturated rings. The van der Waals surface area contributed by atoms with Gasteiger partial charge in [-0.05, 0) is 67.6 Å². The molecule has 1 atom stereocenters. The molecule has 0 aromatic heterocycles. The fourth-order valence-electron chi connectivity index (χ4n) is 5.00. The van der Waals surface area contributed by atoms with Gasteiger partial charge in [-0.15, -0.1) is 0 Å². The molecule has 1 amide bonds. The zero-order chi connectivity index (χ0) is 23.9. The van der Waals surface area contributed by atoms with Crippen molar-refractivity contribution >= 4 is 27.5 Å². The number of carbonyl (C=O) groups is 1. The summed E-state index contributed by atoms with van der Waals surface area (Å²) in [5.74, 6) is 1.25. The van der Waals surface area contributed by atoms with Gasteiger partial charge in [0.1, 0.15) is 4.90 Å². The number of fused-ring (bicyclic) bond motifs is 2. The largest absolute Gasteiger partial charge is 0.490 e. The first kappa shape index (κ1) is 23.5.